The van der Waals surface area contributed by atoms with Crippen molar-refractivity contribution in [1.82, 2.24) is 5.32 Å². The van der Waals surface area contributed by atoms with Crippen LogP contribution in [0.1, 0.15) is 32.8 Å². The van der Waals surface area contributed by atoms with Crippen LogP contribution in [0.4, 0.5) is 4.39 Å². The van der Waals surface area contributed by atoms with Crippen molar-refractivity contribution in [2.24, 2.45) is 5.92 Å². The van der Waals surface area contributed by atoms with Crippen molar-refractivity contribution < 1.29 is 9.13 Å². The summed E-state index contributed by atoms with van der Waals surface area (Å²) < 4.78 is 20.0. The van der Waals surface area contributed by atoms with Gasteiger partial charge in [-0.15, -0.1) is 0 Å². The summed E-state index contributed by atoms with van der Waals surface area (Å²) in [5, 5.41) is 3.53. The van der Waals surface area contributed by atoms with Crippen molar-refractivity contribution in [2.45, 2.75) is 45.8 Å². The van der Waals surface area contributed by atoms with Gasteiger partial charge in [0.15, 0.2) is 0 Å². The van der Waals surface area contributed by atoms with Crippen LogP contribution in [0.25, 0.3) is 0 Å². The van der Waals surface area contributed by atoms with Crippen LogP contribution in [0.5, 0.6) is 0 Å². The van der Waals surface area contributed by atoms with Crippen molar-refractivity contribution in [3.8, 4) is 0 Å². The van der Waals surface area contributed by atoms with Gasteiger partial charge in [0, 0.05) is 17.6 Å². The second kappa shape index (κ2) is 8.75. The largest absolute Gasteiger partial charge is 0.380 e. The number of methoxy groups -OCH3 is 1. The maximum Gasteiger partial charge on any atom is 0.123 e. The van der Waals surface area contributed by atoms with Gasteiger partial charge in [0.05, 0.1) is 6.10 Å². The molecule has 0 bridgehead atoms. The molecular weight excluding hydrogens is 321 g/mol. The van der Waals surface area contributed by atoms with Crippen LogP contribution >= 0.6 is 15.9 Å². The summed E-state index contributed by atoms with van der Waals surface area (Å²) in [7, 11) is 1.74. The molecule has 0 saturated heterocycles. The minimum atomic E-state index is -0.198. The maximum absolute atomic E-state index is 13.4. The van der Waals surface area contributed by atoms with Crippen molar-refractivity contribution in [3.05, 3.63) is 34.1 Å². The number of hydrogen-bond donors (Lipinski definition) is 1. The first-order valence-electron chi connectivity index (χ1n) is 7.19. The highest BCUT2D eigenvalue weighted by Crippen LogP contribution is 2.22. The molecule has 1 aromatic rings. The van der Waals surface area contributed by atoms with Crippen LogP contribution < -0.4 is 5.32 Å². The Morgan fingerprint density at radius 2 is 2.05 bits per heavy atom. The van der Waals surface area contributed by atoms with Gasteiger partial charge >= 0.3 is 0 Å². The molecule has 0 aliphatic heterocycles. The summed E-state index contributed by atoms with van der Waals surface area (Å²) in [6.07, 6.45) is 1.92. The third-order valence-electron chi connectivity index (χ3n) is 3.43. The normalized spacial score (nSPS) is 14.6. The Labute approximate surface area is 130 Å². The van der Waals surface area contributed by atoms with Crippen LogP contribution in [-0.4, -0.2) is 25.8 Å². The van der Waals surface area contributed by atoms with E-state index in [1.807, 2.05) is 0 Å². The van der Waals surface area contributed by atoms with E-state index in [2.05, 4.69) is 42.0 Å². The van der Waals surface area contributed by atoms with Gasteiger partial charge in [-0.05, 0) is 49.1 Å². The van der Waals surface area contributed by atoms with Crippen LogP contribution in [0.15, 0.2) is 22.7 Å². The lowest BCUT2D eigenvalue weighted by Crippen LogP contribution is -2.45. The molecule has 0 amide bonds. The molecule has 0 aromatic heterocycles. The van der Waals surface area contributed by atoms with Crippen molar-refractivity contribution in [2.75, 3.05) is 13.7 Å². The first-order chi connectivity index (χ1) is 9.49. The Hall–Kier alpha value is -0.450. The molecule has 0 spiro atoms. The molecule has 1 N–H and O–H groups in total. The molecule has 2 atom stereocenters. The van der Waals surface area contributed by atoms with Crippen molar-refractivity contribution >= 4 is 15.9 Å². The van der Waals surface area contributed by atoms with E-state index in [1.54, 1.807) is 19.2 Å². The lowest BCUT2D eigenvalue weighted by atomic mass is 9.93. The topological polar surface area (TPSA) is 21.3 Å². The Bertz CT molecular complexity index is 411. The van der Waals surface area contributed by atoms with Crippen LogP contribution in [0, 0.1) is 11.7 Å². The van der Waals surface area contributed by atoms with Crippen LogP contribution in [0.2, 0.25) is 0 Å². The van der Waals surface area contributed by atoms with E-state index in [-0.39, 0.29) is 18.0 Å². The molecule has 4 heteroatoms. The van der Waals surface area contributed by atoms with Gasteiger partial charge in [0.1, 0.15) is 5.82 Å². The van der Waals surface area contributed by atoms with E-state index in [9.17, 15) is 4.39 Å². The Morgan fingerprint density at radius 1 is 1.35 bits per heavy atom. The lowest BCUT2D eigenvalue weighted by Gasteiger charge is -2.30. The summed E-state index contributed by atoms with van der Waals surface area (Å²) in [6.45, 7) is 7.37. The molecule has 0 saturated carbocycles. The maximum atomic E-state index is 13.4. The van der Waals surface area contributed by atoms with Crippen molar-refractivity contribution in [3.63, 3.8) is 0 Å². The van der Waals surface area contributed by atoms with E-state index in [4.69, 9.17) is 4.74 Å². The molecule has 0 heterocycles. The summed E-state index contributed by atoms with van der Waals surface area (Å²) >= 11 is 3.50. The van der Waals surface area contributed by atoms with E-state index in [1.165, 1.54) is 6.07 Å². The van der Waals surface area contributed by atoms with Gasteiger partial charge < -0.3 is 10.1 Å². The second-order valence-corrected chi connectivity index (χ2v) is 6.30. The van der Waals surface area contributed by atoms with Gasteiger partial charge in [-0.25, -0.2) is 4.39 Å². The fourth-order valence-corrected chi connectivity index (χ4v) is 2.88. The van der Waals surface area contributed by atoms with E-state index in [0.29, 0.717) is 5.92 Å². The molecule has 1 rings (SSSR count). The third-order valence-corrected chi connectivity index (χ3v) is 4.20. The zero-order chi connectivity index (χ0) is 15.1. The number of halogens is 2. The zero-order valence-electron chi connectivity index (χ0n) is 12.7. The van der Waals surface area contributed by atoms with Gasteiger partial charge in [-0.2, -0.15) is 0 Å². The number of nitrogens with one attached hydrogen (secondary N) is 1. The zero-order valence-corrected chi connectivity index (χ0v) is 14.3. The molecule has 20 heavy (non-hydrogen) atoms. The average Bonchev–Trinajstić information content (AvgIpc) is 2.40. The average molecular weight is 346 g/mol. The first kappa shape index (κ1) is 17.6. The molecular formula is C16H25BrFNO. The minimum Gasteiger partial charge on any atom is -0.380 e. The number of rotatable bonds is 8. The standard InChI is InChI=1S/C16H25BrFNO/c1-5-8-19-15(16(20-4)11(2)3)10-12-9-13(18)6-7-14(12)17/h6-7,9,11,15-16,19H,5,8,10H2,1-4H3. The highest BCUT2D eigenvalue weighted by molar-refractivity contribution is 9.10. The number of ether oxygens (including phenoxy) is 1. The van der Waals surface area contributed by atoms with Gasteiger partial charge in [0.25, 0.3) is 0 Å². The summed E-state index contributed by atoms with van der Waals surface area (Å²) in [4.78, 5) is 0. The highest BCUT2D eigenvalue weighted by atomic mass is 79.9. The molecule has 2 nitrogen and oxygen atoms in total. The number of benzene rings is 1. The lowest BCUT2D eigenvalue weighted by molar-refractivity contribution is 0.0332. The predicted molar refractivity (Wildman–Crippen MR) is 85.5 cm³/mol. The fourth-order valence-electron chi connectivity index (χ4n) is 2.47. The molecule has 0 fully saturated rings. The summed E-state index contributed by atoms with van der Waals surface area (Å²) in [6, 6.07) is 5.01. The van der Waals surface area contributed by atoms with Crippen molar-refractivity contribution in [1.29, 1.82) is 0 Å². The van der Waals surface area contributed by atoms with E-state index >= 15 is 0 Å². The Kier molecular flexibility index (Phi) is 7.70. The van der Waals surface area contributed by atoms with Gasteiger partial charge in [-0.1, -0.05) is 36.7 Å². The molecule has 0 aliphatic carbocycles. The Balaban J connectivity index is 2.90. The molecule has 0 aliphatic rings. The van der Waals surface area contributed by atoms with E-state index in [0.717, 1.165) is 29.4 Å². The monoisotopic (exact) mass is 345 g/mol. The third kappa shape index (κ3) is 5.15. The highest BCUT2D eigenvalue weighted by Gasteiger charge is 2.24. The van der Waals surface area contributed by atoms with E-state index < -0.39 is 0 Å². The predicted octanol–water partition coefficient (Wildman–Crippen LogP) is 4.17. The molecule has 2 unspecified atom stereocenters. The van der Waals surface area contributed by atoms with Crippen LogP contribution in [-0.2, 0) is 11.2 Å². The van der Waals surface area contributed by atoms with Gasteiger partial charge in [0.2, 0.25) is 0 Å². The molecule has 0 radical (unpaired) electrons. The summed E-state index contributed by atoms with van der Waals surface area (Å²) in [5.41, 5.74) is 0.973. The first-order valence-corrected chi connectivity index (χ1v) is 7.99. The SMILES string of the molecule is CCCNC(Cc1cc(F)ccc1Br)C(OC)C(C)C. The van der Waals surface area contributed by atoms with Gasteiger partial charge in [-0.3, -0.25) is 0 Å². The summed E-state index contributed by atoms with van der Waals surface area (Å²) in [5.74, 6) is 0.206. The minimum absolute atomic E-state index is 0.108. The second-order valence-electron chi connectivity index (χ2n) is 5.44. The fraction of sp³-hybridized carbons (Fsp3) is 0.625. The number of hydrogen-bond acceptors (Lipinski definition) is 2. The smallest absolute Gasteiger partial charge is 0.123 e. The van der Waals surface area contributed by atoms with Crippen LogP contribution in [0.3, 0.4) is 0 Å². The Morgan fingerprint density at radius 3 is 2.60 bits per heavy atom. The molecule has 1 aromatic carbocycles. The quantitative estimate of drug-likeness (QED) is 0.763. The molecule has 114 valence electrons.